The molecule has 0 saturated carbocycles. The fraction of sp³-hybridized carbons (Fsp3) is 0.312. The predicted molar refractivity (Wildman–Crippen MR) is 83.4 cm³/mol. The summed E-state index contributed by atoms with van der Waals surface area (Å²) in [5.74, 6) is 0.856. The number of alkyl halides is 3. The molecule has 0 aliphatic heterocycles. The summed E-state index contributed by atoms with van der Waals surface area (Å²) in [5.41, 5.74) is 0.478. The molecule has 2 aromatic rings. The molecule has 0 bridgehead atoms. The highest BCUT2D eigenvalue weighted by atomic mass is 79.9. The van der Waals surface area contributed by atoms with Crippen LogP contribution in [-0.4, -0.2) is 12.5 Å². The van der Waals surface area contributed by atoms with E-state index in [4.69, 9.17) is 4.42 Å². The summed E-state index contributed by atoms with van der Waals surface area (Å²) < 4.78 is 43.4. The van der Waals surface area contributed by atoms with Gasteiger partial charge in [0.15, 0.2) is 0 Å². The van der Waals surface area contributed by atoms with E-state index in [1.54, 1.807) is 13.8 Å². The Hall–Kier alpha value is -1.76. The van der Waals surface area contributed by atoms with E-state index >= 15 is 0 Å². The number of nitrogens with one attached hydrogen (secondary N) is 1. The Morgan fingerprint density at radius 1 is 1.17 bits per heavy atom. The van der Waals surface area contributed by atoms with Gasteiger partial charge in [-0.05, 0) is 53.9 Å². The van der Waals surface area contributed by atoms with Crippen LogP contribution < -0.4 is 5.32 Å². The maximum atomic E-state index is 12.5. The summed E-state index contributed by atoms with van der Waals surface area (Å²) in [4.78, 5) is 12.1. The average molecular weight is 390 g/mol. The average Bonchev–Trinajstić information content (AvgIpc) is 2.71. The van der Waals surface area contributed by atoms with E-state index in [1.807, 2.05) is 0 Å². The van der Waals surface area contributed by atoms with E-state index in [1.165, 1.54) is 12.1 Å². The molecule has 1 amide bonds. The monoisotopic (exact) mass is 389 g/mol. The number of hydrogen-bond donors (Lipinski definition) is 1. The number of aryl methyl sites for hydroxylation is 2. The van der Waals surface area contributed by atoms with E-state index in [2.05, 4.69) is 21.2 Å². The molecule has 3 nitrogen and oxygen atoms in total. The number of furan rings is 1. The van der Waals surface area contributed by atoms with Gasteiger partial charge in [-0.3, -0.25) is 4.79 Å². The van der Waals surface area contributed by atoms with Crippen molar-refractivity contribution in [1.29, 1.82) is 0 Å². The molecule has 1 N–H and O–H groups in total. The molecule has 1 aromatic carbocycles. The Morgan fingerprint density at radius 2 is 1.78 bits per heavy atom. The van der Waals surface area contributed by atoms with Crippen molar-refractivity contribution in [2.24, 2.45) is 0 Å². The molecule has 23 heavy (non-hydrogen) atoms. The molecular weight excluding hydrogens is 375 g/mol. The van der Waals surface area contributed by atoms with Crippen LogP contribution in [0.5, 0.6) is 0 Å². The summed E-state index contributed by atoms with van der Waals surface area (Å²) >= 11 is 3.30. The number of benzene rings is 1. The minimum absolute atomic E-state index is 0.280. The molecule has 2 rings (SSSR count). The normalized spacial score (nSPS) is 11.6. The molecule has 0 aliphatic rings. The molecule has 0 fully saturated rings. The standard InChI is InChI=1S/C16H15BrF3NO2/c1-9-13(14(17)10(2)23-9)15(22)21-8-7-11-3-5-12(6-4-11)16(18,19)20/h3-6H,7-8H2,1-2H3,(H,21,22). The third-order valence-electron chi connectivity index (χ3n) is 3.39. The lowest BCUT2D eigenvalue weighted by Gasteiger charge is -2.08. The van der Waals surface area contributed by atoms with Gasteiger partial charge >= 0.3 is 6.18 Å². The molecule has 0 saturated heterocycles. The second-order valence-electron chi connectivity index (χ2n) is 5.10. The molecule has 0 aliphatic carbocycles. The lowest BCUT2D eigenvalue weighted by Crippen LogP contribution is -2.26. The Balaban J connectivity index is 1.93. The SMILES string of the molecule is Cc1oc(C)c(C(=O)NCCc2ccc(C(F)(F)F)cc2)c1Br. The second-order valence-corrected chi connectivity index (χ2v) is 5.90. The number of carbonyl (C=O) groups excluding carboxylic acids is 1. The topological polar surface area (TPSA) is 42.2 Å². The molecule has 124 valence electrons. The Kier molecular flexibility index (Phi) is 5.19. The molecule has 0 unspecified atom stereocenters. The van der Waals surface area contributed by atoms with Gasteiger partial charge in [0.05, 0.1) is 15.6 Å². The zero-order chi connectivity index (χ0) is 17.2. The smallest absolute Gasteiger partial charge is 0.416 e. The Bertz CT molecular complexity index is 705. The Morgan fingerprint density at radius 3 is 2.26 bits per heavy atom. The van der Waals surface area contributed by atoms with Gasteiger partial charge in [-0.25, -0.2) is 0 Å². The van der Waals surface area contributed by atoms with Gasteiger partial charge in [0.2, 0.25) is 0 Å². The zero-order valence-corrected chi connectivity index (χ0v) is 14.1. The molecule has 1 aromatic heterocycles. The highest BCUT2D eigenvalue weighted by molar-refractivity contribution is 9.10. The zero-order valence-electron chi connectivity index (χ0n) is 12.6. The third-order valence-corrected chi connectivity index (χ3v) is 4.35. The van der Waals surface area contributed by atoms with Gasteiger partial charge in [-0.15, -0.1) is 0 Å². The maximum absolute atomic E-state index is 12.5. The highest BCUT2D eigenvalue weighted by Gasteiger charge is 2.29. The first-order chi connectivity index (χ1) is 10.7. The van der Waals surface area contributed by atoms with Crippen molar-refractivity contribution in [2.75, 3.05) is 6.54 Å². The van der Waals surface area contributed by atoms with Gasteiger partial charge in [0, 0.05) is 6.54 Å². The van der Waals surface area contributed by atoms with Crippen LogP contribution in [0, 0.1) is 13.8 Å². The van der Waals surface area contributed by atoms with Gasteiger partial charge in [-0.2, -0.15) is 13.2 Å². The minimum atomic E-state index is -4.34. The van der Waals surface area contributed by atoms with Crippen LogP contribution in [0.2, 0.25) is 0 Å². The van der Waals surface area contributed by atoms with Crippen LogP contribution >= 0.6 is 15.9 Å². The largest absolute Gasteiger partial charge is 0.465 e. The minimum Gasteiger partial charge on any atom is -0.465 e. The quantitative estimate of drug-likeness (QED) is 0.826. The number of rotatable bonds is 4. The predicted octanol–water partition coefficient (Wildman–Crippen LogP) is 4.65. The molecule has 1 heterocycles. The summed E-state index contributed by atoms with van der Waals surface area (Å²) in [6, 6.07) is 4.91. The van der Waals surface area contributed by atoms with Gasteiger partial charge < -0.3 is 9.73 Å². The van der Waals surface area contributed by atoms with Crippen LogP contribution in [-0.2, 0) is 12.6 Å². The van der Waals surface area contributed by atoms with E-state index < -0.39 is 11.7 Å². The van der Waals surface area contributed by atoms with Crippen LogP contribution in [0.3, 0.4) is 0 Å². The first-order valence-electron chi connectivity index (χ1n) is 6.90. The second kappa shape index (κ2) is 6.78. The molecule has 7 heteroatoms. The first-order valence-corrected chi connectivity index (χ1v) is 7.69. The van der Waals surface area contributed by atoms with Crippen molar-refractivity contribution < 1.29 is 22.4 Å². The first kappa shape index (κ1) is 17.6. The van der Waals surface area contributed by atoms with Crippen LogP contribution in [0.15, 0.2) is 33.2 Å². The molecular formula is C16H15BrF3NO2. The lowest BCUT2D eigenvalue weighted by atomic mass is 10.1. The van der Waals surface area contributed by atoms with Crippen molar-refractivity contribution in [3.05, 3.63) is 56.9 Å². The van der Waals surface area contributed by atoms with Crippen LogP contribution in [0.4, 0.5) is 13.2 Å². The van der Waals surface area contributed by atoms with E-state index in [-0.39, 0.29) is 5.91 Å². The number of hydrogen-bond acceptors (Lipinski definition) is 2. The maximum Gasteiger partial charge on any atom is 0.416 e. The fourth-order valence-corrected chi connectivity index (χ4v) is 2.72. The lowest BCUT2D eigenvalue weighted by molar-refractivity contribution is -0.137. The number of halogens is 4. The summed E-state index contributed by atoms with van der Waals surface area (Å²) in [6.45, 7) is 3.76. The van der Waals surface area contributed by atoms with Gasteiger partial charge in [0.1, 0.15) is 11.5 Å². The third kappa shape index (κ3) is 4.16. The summed E-state index contributed by atoms with van der Waals surface area (Å²) in [6.07, 6.45) is -3.90. The van der Waals surface area contributed by atoms with Gasteiger partial charge in [-0.1, -0.05) is 12.1 Å². The fourth-order valence-electron chi connectivity index (χ4n) is 2.18. The summed E-state index contributed by atoms with van der Waals surface area (Å²) in [7, 11) is 0. The Labute approximate surface area is 140 Å². The highest BCUT2D eigenvalue weighted by Crippen LogP contribution is 2.29. The van der Waals surface area contributed by atoms with Crippen molar-refractivity contribution >= 4 is 21.8 Å². The molecule has 0 spiro atoms. The van der Waals surface area contributed by atoms with E-state index in [9.17, 15) is 18.0 Å². The number of amides is 1. The molecule has 0 atom stereocenters. The van der Waals surface area contributed by atoms with Crippen LogP contribution in [0.1, 0.15) is 33.0 Å². The molecule has 0 radical (unpaired) electrons. The van der Waals surface area contributed by atoms with Crippen molar-refractivity contribution in [3.63, 3.8) is 0 Å². The number of carbonyl (C=O) groups is 1. The van der Waals surface area contributed by atoms with Crippen molar-refractivity contribution in [3.8, 4) is 0 Å². The van der Waals surface area contributed by atoms with Crippen molar-refractivity contribution in [2.45, 2.75) is 26.4 Å². The van der Waals surface area contributed by atoms with Crippen LogP contribution in [0.25, 0.3) is 0 Å². The van der Waals surface area contributed by atoms with E-state index in [0.717, 1.165) is 17.7 Å². The van der Waals surface area contributed by atoms with Crippen molar-refractivity contribution in [1.82, 2.24) is 5.32 Å². The summed E-state index contributed by atoms with van der Waals surface area (Å²) in [5, 5.41) is 2.74. The van der Waals surface area contributed by atoms with Gasteiger partial charge in [0.25, 0.3) is 5.91 Å². The van der Waals surface area contributed by atoms with E-state index in [0.29, 0.717) is 34.5 Å².